The first-order valence-electron chi connectivity index (χ1n) is 10.1. The molecule has 1 saturated carbocycles. The van der Waals surface area contributed by atoms with E-state index in [-0.39, 0.29) is 5.60 Å². The molecule has 3 aliphatic rings. The van der Waals surface area contributed by atoms with Gasteiger partial charge in [0.05, 0.1) is 29.5 Å². The van der Waals surface area contributed by atoms with Crippen molar-refractivity contribution < 1.29 is 9.47 Å². The van der Waals surface area contributed by atoms with Crippen LogP contribution >= 0.6 is 0 Å². The number of para-hydroxylation sites is 1. The standard InChI is InChI=1S/C22H28N2O2/c1-2-4-21-18(3-1)7-8-19(23-21)14-24-11-9-22(10-12-24)13-20(16-26-22)25-15-17-5-6-17/h1-4,7-8,17,20H,5-6,9-16H2. The highest BCUT2D eigenvalue weighted by Gasteiger charge is 2.43. The number of piperidine rings is 1. The summed E-state index contributed by atoms with van der Waals surface area (Å²) in [7, 11) is 0. The summed E-state index contributed by atoms with van der Waals surface area (Å²) in [5.74, 6) is 0.836. The van der Waals surface area contributed by atoms with Crippen LogP contribution < -0.4 is 0 Å². The number of hydrogen-bond acceptors (Lipinski definition) is 4. The Balaban J connectivity index is 1.15. The minimum atomic E-state index is 0.0710. The highest BCUT2D eigenvalue weighted by atomic mass is 16.6. The quantitative estimate of drug-likeness (QED) is 0.820. The van der Waals surface area contributed by atoms with Gasteiger partial charge in [-0.25, -0.2) is 0 Å². The van der Waals surface area contributed by atoms with E-state index in [0.717, 1.165) is 69.2 Å². The molecule has 3 heterocycles. The summed E-state index contributed by atoms with van der Waals surface area (Å²) in [6.07, 6.45) is 6.35. The van der Waals surface area contributed by atoms with Crippen LogP contribution in [-0.4, -0.2) is 47.9 Å². The molecular formula is C22H28N2O2. The minimum Gasteiger partial charge on any atom is -0.375 e. The molecule has 1 spiro atoms. The monoisotopic (exact) mass is 352 g/mol. The zero-order valence-corrected chi connectivity index (χ0v) is 15.4. The van der Waals surface area contributed by atoms with Gasteiger partial charge in [0.25, 0.3) is 0 Å². The SMILES string of the molecule is c1ccc2nc(CN3CCC4(CC3)CC(OCC3CC3)CO4)ccc2c1. The second-order valence-corrected chi connectivity index (χ2v) is 8.37. The van der Waals surface area contributed by atoms with Gasteiger partial charge in [-0.3, -0.25) is 9.88 Å². The average Bonchev–Trinajstić information content (AvgIpc) is 3.43. The lowest BCUT2D eigenvalue weighted by Gasteiger charge is -2.38. The molecule has 1 unspecified atom stereocenters. The van der Waals surface area contributed by atoms with Crippen molar-refractivity contribution in [2.75, 3.05) is 26.3 Å². The Morgan fingerprint density at radius 1 is 1.12 bits per heavy atom. The van der Waals surface area contributed by atoms with Crippen LogP contribution in [0.4, 0.5) is 0 Å². The highest BCUT2D eigenvalue weighted by Crippen LogP contribution is 2.38. The van der Waals surface area contributed by atoms with Crippen molar-refractivity contribution in [1.82, 2.24) is 9.88 Å². The molecule has 1 aromatic heterocycles. The smallest absolute Gasteiger partial charge is 0.0836 e. The lowest BCUT2D eigenvalue weighted by molar-refractivity contribution is -0.0468. The Kier molecular flexibility index (Phi) is 4.43. The first kappa shape index (κ1) is 16.7. The molecule has 26 heavy (non-hydrogen) atoms. The topological polar surface area (TPSA) is 34.6 Å². The molecule has 2 aliphatic heterocycles. The van der Waals surface area contributed by atoms with Gasteiger partial charge in [-0.2, -0.15) is 0 Å². The number of ether oxygens (including phenoxy) is 2. The summed E-state index contributed by atoms with van der Waals surface area (Å²) in [6, 6.07) is 12.7. The van der Waals surface area contributed by atoms with E-state index in [1.165, 1.54) is 18.2 Å². The first-order valence-corrected chi connectivity index (χ1v) is 10.1. The molecule has 0 N–H and O–H groups in total. The van der Waals surface area contributed by atoms with Crippen molar-refractivity contribution in [3.8, 4) is 0 Å². The van der Waals surface area contributed by atoms with Crippen LogP contribution in [0.2, 0.25) is 0 Å². The van der Waals surface area contributed by atoms with Crippen molar-refractivity contribution in [1.29, 1.82) is 0 Å². The summed E-state index contributed by atoms with van der Waals surface area (Å²) in [4.78, 5) is 7.34. The summed E-state index contributed by atoms with van der Waals surface area (Å²) >= 11 is 0. The van der Waals surface area contributed by atoms with Crippen molar-refractivity contribution in [3.63, 3.8) is 0 Å². The van der Waals surface area contributed by atoms with Crippen molar-refractivity contribution >= 4 is 10.9 Å². The van der Waals surface area contributed by atoms with Crippen LogP contribution in [0.1, 0.15) is 37.8 Å². The Bertz CT molecular complexity index is 766. The molecular weight excluding hydrogens is 324 g/mol. The van der Waals surface area contributed by atoms with Crippen LogP contribution in [0.3, 0.4) is 0 Å². The van der Waals surface area contributed by atoms with Gasteiger partial charge in [0.1, 0.15) is 0 Å². The molecule has 138 valence electrons. The fraction of sp³-hybridized carbons (Fsp3) is 0.591. The van der Waals surface area contributed by atoms with Gasteiger partial charge in [0, 0.05) is 38.0 Å². The lowest BCUT2D eigenvalue weighted by Crippen LogP contribution is -2.44. The second-order valence-electron chi connectivity index (χ2n) is 8.37. The zero-order chi connectivity index (χ0) is 17.4. The zero-order valence-electron chi connectivity index (χ0n) is 15.4. The van der Waals surface area contributed by atoms with E-state index in [1.807, 2.05) is 0 Å². The van der Waals surface area contributed by atoms with E-state index in [4.69, 9.17) is 14.5 Å². The van der Waals surface area contributed by atoms with Crippen LogP contribution in [0.15, 0.2) is 36.4 Å². The molecule has 1 aromatic carbocycles. The molecule has 0 bridgehead atoms. The fourth-order valence-electron chi connectivity index (χ4n) is 4.36. The van der Waals surface area contributed by atoms with Gasteiger partial charge in [-0.1, -0.05) is 24.3 Å². The number of aromatic nitrogens is 1. The molecule has 4 nitrogen and oxygen atoms in total. The van der Waals surface area contributed by atoms with Gasteiger partial charge in [0.2, 0.25) is 0 Å². The molecule has 4 heteroatoms. The number of pyridine rings is 1. The Morgan fingerprint density at radius 3 is 2.81 bits per heavy atom. The Labute approximate surface area is 155 Å². The third kappa shape index (κ3) is 3.64. The summed E-state index contributed by atoms with van der Waals surface area (Å²) in [5.41, 5.74) is 2.33. The van der Waals surface area contributed by atoms with Crippen LogP contribution in [0.5, 0.6) is 0 Å². The van der Waals surface area contributed by atoms with Gasteiger partial charge < -0.3 is 9.47 Å². The largest absolute Gasteiger partial charge is 0.375 e. The second kappa shape index (κ2) is 6.91. The minimum absolute atomic E-state index is 0.0710. The van der Waals surface area contributed by atoms with E-state index in [9.17, 15) is 0 Å². The van der Waals surface area contributed by atoms with Crippen LogP contribution in [0, 0.1) is 5.92 Å². The Morgan fingerprint density at radius 2 is 1.96 bits per heavy atom. The highest BCUT2D eigenvalue weighted by molar-refractivity contribution is 5.78. The normalized spacial score (nSPS) is 25.9. The van der Waals surface area contributed by atoms with Crippen molar-refractivity contribution in [2.45, 2.75) is 50.4 Å². The predicted octanol–water partition coefficient (Wildman–Crippen LogP) is 3.78. The number of hydrogen-bond donors (Lipinski definition) is 0. The van der Waals surface area contributed by atoms with Crippen molar-refractivity contribution in [2.24, 2.45) is 5.92 Å². The maximum atomic E-state index is 6.24. The number of likely N-dealkylation sites (tertiary alicyclic amines) is 1. The third-order valence-corrected chi connectivity index (χ3v) is 6.25. The molecule has 0 amide bonds. The van der Waals surface area contributed by atoms with Crippen molar-refractivity contribution in [3.05, 3.63) is 42.1 Å². The molecule has 0 radical (unpaired) electrons. The summed E-state index contributed by atoms with van der Waals surface area (Å²) in [6.45, 7) is 4.85. The summed E-state index contributed by atoms with van der Waals surface area (Å²) < 4.78 is 12.3. The van der Waals surface area contributed by atoms with E-state index >= 15 is 0 Å². The van der Waals surface area contributed by atoms with E-state index < -0.39 is 0 Å². The number of fused-ring (bicyclic) bond motifs is 1. The molecule has 2 saturated heterocycles. The van der Waals surface area contributed by atoms with E-state index in [0.29, 0.717) is 6.10 Å². The predicted molar refractivity (Wildman–Crippen MR) is 102 cm³/mol. The number of rotatable bonds is 5. The maximum Gasteiger partial charge on any atom is 0.0836 e. The molecule has 1 atom stereocenters. The Hall–Kier alpha value is -1.49. The van der Waals surface area contributed by atoms with Gasteiger partial charge in [0.15, 0.2) is 0 Å². The lowest BCUT2D eigenvalue weighted by atomic mass is 9.88. The van der Waals surface area contributed by atoms with Gasteiger partial charge >= 0.3 is 0 Å². The van der Waals surface area contributed by atoms with E-state index in [2.05, 4.69) is 41.3 Å². The molecule has 2 aromatic rings. The molecule has 5 rings (SSSR count). The van der Waals surface area contributed by atoms with Crippen LogP contribution in [-0.2, 0) is 16.0 Å². The summed E-state index contributed by atoms with van der Waals surface area (Å²) in [5, 5.41) is 1.21. The van der Waals surface area contributed by atoms with E-state index in [1.54, 1.807) is 0 Å². The number of nitrogens with zero attached hydrogens (tertiary/aromatic N) is 2. The fourth-order valence-corrected chi connectivity index (χ4v) is 4.36. The van der Waals surface area contributed by atoms with Crippen LogP contribution in [0.25, 0.3) is 10.9 Å². The molecule has 3 fully saturated rings. The maximum absolute atomic E-state index is 6.24. The average molecular weight is 352 g/mol. The van der Waals surface area contributed by atoms with Gasteiger partial charge in [-0.05, 0) is 43.7 Å². The first-order chi connectivity index (χ1) is 12.8. The van der Waals surface area contributed by atoms with Gasteiger partial charge in [-0.15, -0.1) is 0 Å². The molecule has 1 aliphatic carbocycles. The number of benzene rings is 1. The third-order valence-electron chi connectivity index (χ3n) is 6.25.